The Bertz CT molecular complexity index is 524. The molecule has 0 aromatic heterocycles. The zero-order valence-electron chi connectivity index (χ0n) is 13.4. The van der Waals surface area contributed by atoms with E-state index in [1.807, 2.05) is 0 Å². The molecule has 0 aliphatic heterocycles. The molecule has 0 saturated heterocycles. The summed E-state index contributed by atoms with van der Waals surface area (Å²) in [5.41, 5.74) is 6.24. The molecule has 0 spiro atoms. The van der Waals surface area contributed by atoms with Crippen molar-refractivity contribution in [2.75, 3.05) is 6.54 Å². The molecule has 1 aliphatic carbocycles. The zero-order valence-corrected chi connectivity index (χ0v) is 13.4. The van der Waals surface area contributed by atoms with Gasteiger partial charge in [-0.1, -0.05) is 37.8 Å². The van der Waals surface area contributed by atoms with Crippen molar-refractivity contribution in [2.45, 2.75) is 44.9 Å². The first kappa shape index (κ1) is 17.4. The van der Waals surface area contributed by atoms with Gasteiger partial charge in [0, 0.05) is 13.0 Å². The monoisotopic (exact) mass is 320 g/mol. The largest absolute Gasteiger partial charge is 0.369 e. The van der Waals surface area contributed by atoms with Gasteiger partial charge >= 0.3 is 0 Å². The maximum atomic E-state index is 12.9. The van der Waals surface area contributed by atoms with Crippen molar-refractivity contribution >= 4 is 11.8 Å². The topological polar surface area (TPSA) is 72.2 Å². The highest BCUT2D eigenvalue weighted by molar-refractivity contribution is 5.79. The van der Waals surface area contributed by atoms with Crippen molar-refractivity contribution in [1.82, 2.24) is 5.32 Å². The highest BCUT2D eigenvalue weighted by atomic mass is 19.1. The Labute approximate surface area is 136 Å². The second kappa shape index (κ2) is 8.65. The van der Waals surface area contributed by atoms with Crippen molar-refractivity contribution in [3.63, 3.8) is 0 Å². The first-order chi connectivity index (χ1) is 11.0. The van der Waals surface area contributed by atoms with Gasteiger partial charge in [-0.05, 0) is 36.5 Å². The predicted molar refractivity (Wildman–Crippen MR) is 87.0 cm³/mol. The fraction of sp³-hybridized carbons (Fsp3) is 0.556. The van der Waals surface area contributed by atoms with Crippen LogP contribution in [-0.4, -0.2) is 18.4 Å². The standard InChI is InChI=1S/C18H25FN2O2/c19-16-8-5-14(6-9-16)11-15(18(20)23)12-21-17(22)10-7-13-3-1-2-4-13/h5-6,8-9,13,15H,1-4,7,10-12H2,(H2,20,23)(H,21,22)/t15-/m0/s1. The Morgan fingerprint density at radius 1 is 1.22 bits per heavy atom. The number of halogens is 1. The molecule has 1 atom stereocenters. The third kappa shape index (κ3) is 6.00. The van der Waals surface area contributed by atoms with Crippen LogP contribution in [0.4, 0.5) is 4.39 Å². The van der Waals surface area contributed by atoms with Crippen LogP contribution in [0.15, 0.2) is 24.3 Å². The summed E-state index contributed by atoms with van der Waals surface area (Å²) in [6, 6.07) is 5.97. The third-order valence-corrected chi connectivity index (χ3v) is 4.60. The van der Waals surface area contributed by atoms with Gasteiger partial charge in [0.05, 0.1) is 5.92 Å². The van der Waals surface area contributed by atoms with Crippen LogP contribution >= 0.6 is 0 Å². The van der Waals surface area contributed by atoms with E-state index in [4.69, 9.17) is 5.73 Å². The van der Waals surface area contributed by atoms with Crippen molar-refractivity contribution in [2.24, 2.45) is 17.6 Å². The molecule has 1 aromatic rings. The fourth-order valence-corrected chi connectivity index (χ4v) is 3.14. The highest BCUT2D eigenvalue weighted by Gasteiger charge is 2.19. The van der Waals surface area contributed by atoms with Gasteiger partial charge in [0.1, 0.15) is 5.82 Å². The molecule has 0 unspecified atom stereocenters. The van der Waals surface area contributed by atoms with Gasteiger partial charge in [-0.15, -0.1) is 0 Å². The Balaban J connectivity index is 1.76. The molecule has 3 N–H and O–H groups in total. The van der Waals surface area contributed by atoms with Crippen LogP contribution in [0, 0.1) is 17.7 Å². The van der Waals surface area contributed by atoms with Crippen LogP contribution in [-0.2, 0) is 16.0 Å². The summed E-state index contributed by atoms with van der Waals surface area (Å²) in [6.45, 7) is 0.232. The van der Waals surface area contributed by atoms with Gasteiger partial charge in [-0.2, -0.15) is 0 Å². The minimum Gasteiger partial charge on any atom is -0.369 e. The van der Waals surface area contributed by atoms with E-state index in [2.05, 4.69) is 5.32 Å². The summed E-state index contributed by atoms with van der Waals surface area (Å²) >= 11 is 0. The van der Waals surface area contributed by atoms with Gasteiger partial charge in [0.15, 0.2) is 0 Å². The quantitative estimate of drug-likeness (QED) is 0.772. The van der Waals surface area contributed by atoms with Crippen molar-refractivity contribution in [3.8, 4) is 0 Å². The maximum Gasteiger partial charge on any atom is 0.222 e. The van der Waals surface area contributed by atoms with E-state index in [9.17, 15) is 14.0 Å². The predicted octanol–water partition coefficient (Wildman–Crippen LogP) is 2.56. The number of benzene rings is 1. The lowest BCUT2D eigenvalue weighted by Crippen LogP contribution is -2.37. The smallest absolute Gasteiger partial charge is 0.222 e. The number of rotatable bonds is 8. The second-order valence-electron chi connectivity index (χ2n) is 6.42. The molecule has 2 rings (SSSR count). The normalized spacial score (nSPS) is 16.2. The van der Waals surface area contributed by atoms with E-state index in [0.717, 1.165) is 12.0 Å². The third-order valence-electron chi connectivity index (χ3n) is 4.60. The minimum absolute atomic E-state index is 0.0257. The molecule has 23 heavy (non-hydrogen) atoms. The van der Waals surface area contributed by atoms with E-state index in [-0.39, 0.29) is 18.3 Å². The van der Waals surface area contributed by atoms with Gasteiger partial charge < -0.3 is 11.1 Å². The van der Waals surface area contributed by atoms with E-state index in [1.165, 1.54) is 37.8 Å². The van der Waals surface area contributed by atoms with E-state index >= 15 is 0 Å². The average molecular weight is 320 g/mol. The van der Waals surface area contributed by atoms with Crippen LogP contribution in [0.1, 0.15) is 44.1 Å². The van der Waals surface area contributed by atoms with Crippen LogP contribution in [0.2, 0.25) is 0 Å². The molecule has 4 nitrogen and oxygen atoms in total. The number of hydrogen-bond donors (Lipinski definition) is 2. The lowest BCUT2D eigenvalue weighted by Gasteiger charge is -2.15. The average Bonchev–Trinajstić information content (AvgIpc) is 3.04. The Morgan fingerprint density at radius 2 is 1.87 bits per heavy atom. The molecule has 5 heteroatoms. The molecule has 126 valence electrons. The van der Waals surface area contributed by atoms with Gasteiger partial charge in [-0.3, -0.25) is 9.59 Å². The van der Waals surface area contributed by atoms with Crippen molar-refractivity contribution < 1.29 is 14.0 Å². The molecule has 1 saturated carbocycles. The lowest BCUT2D eigenvalue weighted by atomic mass is 9.98. The number of carbonyl (C=O) groups is 2. The number of nitrogens with one attached hydrogen (secondary N) is 1. The Morgan fingerprint density at radius 3 is 2.48 bits per heavy atom. The minimum atomic E-state index is -0.476. The fourth-order valence-electron chi connectivity index (χ4n) is 3.14. The van der Waals surface area contributed by atoms with Gasteiger partial charge in [0.25, 0.3) is 0 Å². The molecular weight excluding hydrogens is 295 g/mol. The molecule has 0 heterocycles. The Hall–Kier alpha value is -1.91. The molecule has 1 aromatic carbocycles. The van der Waals surface area contributed by atoms with E-state index in [1.54, 1.807) is 12.1 Å². The van der Waals surface area contributed by atoms with Crippen LogP contribution in [0.5, 0.6) is 0 Å². The number of hydrogen-bond acceptors (Lipinski definition) is 2. The van der Waals surface area contributed by atoms with Gasteiger partial charge in [-0.25, -0.2) is 4.39 Å². The van der Waals surface area contributed by atoms with E-state index < -0.39 is 11.8 Å². The summed E-state index contributed by atoms with van der Waals surface area (Å²) in [5, 5.41) is 2.81. The second-order valence-corrected chi connectivity index (χ2v) is 6.42. The molecule has 2 amide bonds. The maximum absolute atomic E-state index is 12.9. The summed E-state index contributed by atoms with van der Waals surface area (Å²) in [4.78, 5) is 23.5. The SMILES string of the molecule is NC(=O)[C@H](CNC(=O)CCC1CCCC1)Cc1ccc(F)cc1. The first-order valence-corrected chi connectivity index (χ1v) is 8.35. The molecule has 0 bridgehead atoms. The number of nitrogens with two attached hydrogens (primary N) is 1. The lowest BCUT2D eigenvalue weighted by molar-refractivity contribution is -0.123. The number of primary amides is 1. The molecule has 0 radical (unpaired) electrons. The summed E-state index contributed by atoms with van der Waals surface area (Å²) in [5.74, 6) is -0.597. The first-order valence-electron chi connectivity index (χ1n) is 8.35. The van der Waals surface area contributed by atoms with Crippen LogP contribution in [0.3, 0.4) is 0 Å². The number of amides is 2. The Kier molecular flexibility index (Phi) is 6.56. The number of carbonyl (C=O) groups excluding carboxylic acids is 2. The summed E-state index contributed by atoms with van der Waals surface area (Å²) in [7, 11) is 0. The molecule has 1 aliphatic rings. The summed E-state index contributed by atoms with van der Waals surface area (Å²) < 4.78 is 12.9. The van der Waals surface area contributed by atoms with Gasteiger partial charge in [0.2, 0.25) is 11.8 Å². The van der Waals surface area contributed by atoms with Crippen molar-refractivity contribution in [3.05, 3.63) is 35.6 Å². The zero-order chi connectivity index (χ0) is 16.7. The van der Waals surface area contributed by atoms with Crippen LogP contribution < -0.4 is 11.1 Å². The van der Waals surface area contributed by atoms with Crippen molar-refractivity contribution in [1.29, 1.82) is 0 Å². The van der Waals surface area contributed by atoms with E-state index in [0.29, 0.717) is 18.8 Å². The summed E-state index contributed by atoms with van der Waals surface area (Å²) in [6.07, 6.45) is 6.82. The van der Waals surface area contributed by atoms with Crippen LogP contribution in [0.25, 0.3) is 0 Å². The highest BCUT2D eigenvalue weighted by Crippen LogP contribution is 2.28. The molecular formula is C18H25FN2O2. The molecule has 1 fully saturated rings.